The fourth-order valence-corrected chi connectivity index (χ4v) is 1.85. The van der Waals surface area contributed by atoms with Gasteiger partial charge in [0.25, 0.3) is 0 Å². The molecule has 1 atom stereocenters. The van der Waals surface area contributed by atoms with Crippen molar-refractivity contribution in [2.24, 2.45) is 0 Å². The van der Waals surface area contributed by atoms with Crippen molar-refractivity contribution >= 4 is 13.6 Å². The predicted octanol–water partition coefficient (Wildman–Crippen LogP) is 1.65. The van der Waals surface area contributed by atoms with Gasteiger partial charge in [0.2, 0.25) is 0 Å². The maximum absolute atomic E-state index is 11.1. The Labute approximate surface area is 91.9 Å². The zero-order chi connectivity index (χ0) is 12.2. The van der Waals surface area contributed by atoms with Gasteiger partial charge in [0.1, 0.15) is 0 Å². The average molecular weight is 246 g/mol. The molecule has 1 aromatic carbocycles. The standard InChI is InChI=1S/C9H11O6P/c1-14-9(10)8-4-2-7(3-5-8)6-16(12,13)15-11/h2-5,11H,6H2,1H3,(H,12,13). The van der Waals surface area contributed by atoms with E-state index in [0.29, 0.717) is 11.1 Å². The van der Waals surface area contributed by atoms with Gasteiger partial charge < -0.3 is 9.63 Å². The topological polar surface area (TPSA) is 93.1 Å². The van der Waals surface area contributed by atoms with Crippen LogP contribution in [0, 0.1) is 0 Å². The third kappa shape index (κ3) is 3.43. The third-order valence-corrected chi connectivity index (χ3v) is 2.90. The van der Waals surface area contributed by atoms with Crippen molar-refractivity contribution in [3.63, 3.8) is 0 Å². The van der Waals surface area contributed by atoms with Gasteiger partial charge in [-0.3, -0.25) is 4.57 Å². The van der Waals surface area contributed by atoms with Crippen LogP contribution in [0.4, 0.5) is 0 Å². The summed E-state index contributed by atoms with van der Waals surface area (Å²) in [7, 11) is -2.74. The van der Waals surface area contributed by atoms with Crippen LogP contribution in [0.3, 0.4) is 0 Å². The number of esters is 1. The van der Waals surface area contributed by atoms with Crippen LogP contribution < -0.4 is 0 Å². The van der Waals surface area contributed by atoms with E-state index in [9.17, 15) is 9.36 Å². The van der Waals surface area contributed by atoms with Crippen LogP contribution in [0.1, 0.15) is 15.9 Å². The molecule has 1 aromatic rings. The number of methoxy groups -OCH3 is 1. The fourth-order valence-electron chi connectivity index (χ4n) is 1.12. The lowest BCUT2D eigenvalue weighted by Gasteiger charge is -2.07. The highest BCUT2D eigenvalue weighted by Gasteiger charge is 2.19. The predicted molar refractivity (Wildman–Crippen MR) is 55.0 cm³/mol. The highest BCUT2D eigenvalue weighted by Crippen LogP contribution is 2.44. The lowest BCUT2D eigenvalue weighted by Crippen LogP contribution is -2.01. The van der Waals surface area contributed by atoms with Crippen LogP contribution in [0.25, 0.3) is 0 Å². The maximum atomic E-state index is 11.1. The largest absolute Gasteiger partial charge is 0.465 e. The fraction of sp³-hybridized carbons (Fsp3) is 0.222. The van der Waals surface area contributed by atoms with Gasteiger partial charge in [0.15, 0.2) is 0 Å². The van der Waals surface area contributed by atoms with Gasteiger partial charge in [-0.15, -0.1) is 0 Å². The van der Waals surface area contributed by atoms with Crippen LogP contribution in [-0.4, -0.2) is 23.2 Å². The number of rotatable bonds is 4. The summed E-state index contributed by atoms with van der Waals surface area (Å²) >= 11 is 0. The molecule has 0 aromatic heterocycles. The first-order valence-corrected chi connectivity index (χ1v) is 6.07. The maximum Gasteiger partial charge on any atom is 0.359 e. The van der Waals surface area contributed by atoms with Gasteiger partial charge in [0.05, 0.1) is 18.8 Å². The quantitative estimate of drug-likeness (QED) is 0.363. The van der Waals surface area contributed by atoms with Crippen molar-refractivity contribution in [1.82, 2.24) is 0 Å². The smallest absolute Gasteiger partial charge is 0.359 e. The molecular weight excluding hydrogens is 235 g/mol. The Balaban J connectivity index is 2.80. The highest BCUT2D eigenvalue weighted by molar-refractivity contribution is 7.51. The van der Waals surface area contributed by atoms with Crippen molar-refractivity contribution in [3.8, 4) is 0 Å². The molecule has 0 radical (unpaired) electrons. The number of carbonyl (C=O) groups is 1. The minimum Gasteiger partial charge on any atom is -0.465 e. The summed E-state index contributed by atoms with van der Waals surface area (Å²) in [6, 6.07) is 5.87. The van der Waals surface area contributed by atoms with E-state index in [2.05, 4.69) is 9.41 Å². The summed E-state index contributed by atoms with van der Waals surface area (Å²) in [4.78, 5) is 20.1. The van der Waals surface area contributed by atoms with E-state index in [-0.39, 0.29) is 6.16 Å². The normalized spacial score (nSPS) is 14.2. The van der Waals surface area contributed by atoms with Crippen molar-refractivity contribution in [3.05, 3.63) is 35.4 Å². The van der Waals surface area contributed by atoms with E-state index in [4.69, 9.17) is 10.2 Å². The monoisotopic (exact) mass is 246 g/mol. The Kier molecular flexibility index (Phi) is 4.20. The second kappa shape index (κ2) is 5.23. The first-order chi connectivity index (χ1) is 7.48. The van der Waals surface area contributed by atoms with E-state index in [0.717, 1.165) is 0 Å². The Morgan fingerprint density at radius 1 is 1.38 bits per heavy atom. The summed E-state index contributed by atoms with van der Waals surface area (Å²) in [5.41, 5.74) is 0.802. The van der Waals surface area contributed by atoms with Crippen molar-refractivity contribution in [1.29, 1.82) is 0 Å². The lowest BCUT2D eigenvalue weighted by atomic mass is 10.1. The second-order valence-electron chi connectivity index (χ2n) is 3.07. The molecule has 0 aliphatic heterocycles. The minimum absolute atomic E-state index is 0.328. The number of carbonyl (C=O) groups excluding carboxylic acids is 1. The zero-order valence-electron chi connectivity index (χ0n) is 8.49. The first-order valence-electron chi connectivity index (χ1n) is 4.31. The molecule has 0 aliphatic rings. The number of benzene rings is 1. The van der Waals surface area contributed by atoms with E-state index in [1.165, 1.54) is 31.4 Å². The minimum atomic E-state index is -4.00. The molecule has 0 aliphatic carbocycles. The number of hydrogen-bond donors (Lipinski definition) is 2. The Bertz CT molecular complexity index is 413. The summed E-state index contributed by atoms with van der Waals surface area (Å²) < 4.78 is 19.0. The van der Waals surface area contributed by atoms with Gasteiger partial charge in [-0.2, -0.15) is 4.67 Å². The zero-order valence-corrected chi connectivity index (χ0v) is 9.39. The van der Waals surface area contributed by atoms with Crippen molar-refractivity contribution in [2.75, 3.05) is 7.11 Å². The van der Waals surface area contributed by atoms with Gasteiger partial charge >= 0.3 is 13.6 Å². The second-order valence-corrected chi connectivity index (χ2v) is 4.82. The molecule has 88 valence electrons. The van der Waals surface area contributed by atoms with Crippen LogP contribution in [0.2, 0.25) is 0 Å². The van der Waals surface area contributed by atoms with Crippen molar-refractivity contribution < 1.29 is 28.9 Å². The number of ether oxygens (including phenoxy) is 1. The Morgan fingerprint density at radius 2 is 1.94 bits per heavy atom. The molecule has 0 saturated heterocycles. The summed E-state index contributed by atoms with van der Waals surface area (Å²) in [6.45, 7) is 0. The first kappa shape index (κ1) is 12.9. The molecule has 6 nitrogen and oxygen atoms in total. The van der Waals surface area contributed by atoms with E-state index in [1.54, 1.807) is 0 Å². The van der Waals surface area contributed by atoms with E-state index in [1.807, 2.05) is 0 Å². The van der Waals surface area contributed by atoms with Gasteiger partial charge in [0, 0.05) is 0 Å². The van der Waals surface area contributed by atoms with Gasteiger partial charge in [-0.05, 0) is 17.7 Å². The molecule has 2 N–H and O–H groups in total. The highest BCUT2D eigenvalue weighted by atomic mass is 31.2. The molecule has 1 unspecified atom stereocenters. The summed E-state index contributed by atoms with van der Waals surface area (Å²) in [6.07, 6.45) is -0.328. The van der Waals surface area contributed by atoms with Crippen molar-refractivity contribution in [2.45, 2.75) is 6.16 Å². The molecule has 0 bridgehead atoms. The Morgan fingerprint density at radius 3 is 2.38 bits per heavy atom. The molecular formula is C9H11O6P. The molecule has 7 heteroatoms. The van der Waals surface area contributed by atoms with Gasteiger partial charge in [-0.25, -0.2) is 10.1 Å². The third-order valence-electron chi connectivity index (χ3n) is 1.89. The summed E-state index contributed by atoms with van der Waals surface area (Å²) in [5.74, 6) is -0.489. The van der Waals surface area contributed by atoms with Crippen LogP contribution in [-0.2, 0) is 20.1 Å². The molecule has 0 saturated carbocycles. The Hall–Kier alpha value is -1.20. The SMILES string of the molecule is COC(=O)c1ccc(CP(=O)(O)OO)cc1. The molecule has 0 spiro atoms. The van der Waals surface area contributed by atoms with Crippen LogP contribution in [0.5, 0.6) is 0 Å². The molecule has 0 heterocycles. The summed E-state index contributed by atoms with van der Waals surface area (Å²) in [5, 5.41) is 8.15. The molecule has 0 amide bonds. The molecule has 0 fully saturated rings. The number of hydrogen-bond acceptors (Lipinski definition) is 5. The van der Waals surface area contributed by atoms with Crippen LogP contribution in [0.15, 0.2) is 24.3 Å². The van der Waals surface area contributed by atoms with Crippen LogP contribution >= 0.6 is 7.60 Å². The van der Waals surface area contributed by atoms with Gasteiger partial charge in [-0.1, -0.05) is 12.1 Å². The average Bonchev–Trinajstić information content (AvgIpc) is 2.28. The van der Waals surface area contributed by atoms with E-state index >= 15 is 0 Å². The molecule has 1 rings (SSSR count). The molecule has 16 heavy (non-hydrogen) atoms. The van der Waals surface area contributed by atoms with E-state index < -0.39 is 13.6 Å². The lowest BCUT2D eigenvalue weighted by molar-refractivity contribution is -0.146.